The van der Waals surface area contributed by atoms with Gasteiger partial charge in [0.05, 0.1) is 20.3 Å². The van der Waals surface area contributed by atoms with Gasteiger partial charge in [0.15, 0.2) is 11.5 Å². The molecule has 1 N–H and O–H groups in total. The highest BCUT2D eigenvalue weighted by atomic mass is 16.5. The maximum atomic E-state index is 12.4. The molecule has 2 aromatic rings. The maximum Gasteiger partial charge on any atom is 0.241 e. The van der Waals surface area contributed by atoms with E-state index in [2.05, 4.69) is 48.3 Å². The fraction of sp³-hybridized carbons (Fsp3) is 0.348. The van der Waals surface area contributed by atoms with Crippen molar-refractivity contribution in [2.75, 3.05) is 25.2 Å². The summed E-state index contributed by atoms with van der Waals surface area (Å²) in [5.41, 5.74) is 2.47. The number of anilines is 1. The lowest BCUT2D eigenvalue weighted by Crippen LogP contribution is -2.58. The van der Waals surface area contributed by atoms with Crippen LogP contribution in [0.2, 0.25) is 0 Å². The lowest BCUT2D eigenvalue weighted by molar-refractivity contribution is -0.118. The standard InChI is InChI=1S/C23H26N2O3/c1-5-28-19-11-10-16(14-20(19)27-4)12-13-23-22(2,3)17-8-6-7-9-18(17)25(23)15-21(26)24-23/h6-14H,5,15H2,1-4H3,(H,24,26)/b13-12+. The predicted octanol–water partition coefficient (Wildman–Crippen LogP) is 3.73. The van der Waals surface area contributed by atoms with E-state index in [1.165, 1.54) is 5.56 Å². The number of hydrogen-bond donors (Lipinski definition) is 1. The topological polar surface area (TPSA) is 50.8 Å². The van der Waals surface area contributed by atoms with Gasteiger partial charge in [-0.05, 0) is 42.3 Å². The summed E-state index contributed by atoms with van der Waals surface area (Å²) in [7, 11) is 1.64. The molecule has 0 bridgehead atoms. The highest BCUT2D eigenvalue weighted by Gasteiger charge is 2.59. The molecule has 0 radical (unpaired) electrons. The number of para-hydroxylation sites is 1. The number of benzene rings is 2. The predicted molar refractivity (Wildman–Crippen MR) is 111 cm³/mol. The van der Waals surface area contributed by atoms with Crippen LogP contribution in [0.25, 0.3) is 6.08 Å². The van der Waals surface area contributed by atoms with Crippen LogP contribution in [0.15, 0.2) is 48.5 Å². The van der Waals surface area contributed by atoms with Gasteiger partial charge in [0, 0.05) is 11.1 Å². The lowest BCUT2D eigenvalue weighted by atomic mass is 9.75. The molecule has 2 aliphatic rings. The first-order valence-electron chi connectivity index (χ1n) is 9.61. The third-order valence-electron chi connectivity index (χ3n) is 5.88. The number of fused-ring (bicyclic) bond motifs is 3. The molecule has 0 aliphatic carbocycles. The van der Waals surface area contributed by atoms with Crippen LogP contribution in [-0.2, 0) is 10.2 Å². The quantitative estimate of drug-likeness (QED) is 0.861. The minimum atomic E-state index is -0.598. The second kappa shape index (κ2) is 6.59. The van der Waals surface area contributed by atoms with Crippen LogP contribution >= 0.6 is 0 Å². The molecule has 1 atom stereocenters. The molecule has 5 nitrogen and oxygen atoms in total. The highest BCUT2D eigenvalue weighted by molar-refractivity contribution is 5.91. The first-order valence-corrected chi connectivity index (χ1v) is 9.61. The maximum absolute atomic E-state index is 12.4. The molecule has 1 fully saturated rings. The van der Waals surface area contributed by atoms with Crippen molar-refractivity contribution in [2.24, 2.45) is 0 Å². The molecule has 0 aromatic heterocycles. The van der Waals surface area contributed by atoms with Gasteiger partial charge < -0.3 is 19.7 Å². The Labute approximate surface area is 165 Å². The van der Waals surface area contributed by atoms with Crippen molar-refractivity contribution in [1.82, 2.24) is 5.32 Å². The van der Waals surface area contributed by atoms with Crippen LogP contribution in [0.4, 0.5) is 5.69 Å². The fourth-order valence-electron chi connectivity index (χ4n) is 4.42. The molecule has 5 heteroatoms. The number of rotatable bonds is 5. The molecule has 28 heavy (non-hydrogen) atoms. The van der Waals surface area contributed by atoms with Gasteiger partial charge in [-0.15, -0.1) is 0 Å². The molecule has 1 unspecified atom stereocenters. The fourth-order valence-corrected chi connectivity index (χ4v) is 4.42. The molecule has 0 spiro atoms. The Morgan fingerprint density at radius 3 is 2.71 bits per heavy atom. The highest BCUT2D eigenvalue weighted by Crippen LogP contribution is 2.52. The Morgan fingerprint density at radius 2 is 1.96 bits per heavy atom. The Hall–Kier alpha value is -2.95. The van der Waals surface area contributed by atoms with Crippen molar-refractivity contribution in [3.8, 4) is 11.5 Å². The molecular weight excluding hydrogens is 352 g/mol. The van der Waals surface area contributed by atoms with E-state index < -0.39 is 5.66 Å². The molecule has 2 aliphatic heterocycles. The zero-order valence-corrected chi connectivity index (χ0v) is 16.8. The molecular formula is C23H26N2O3. The van der Waals surface area contributed by atoms with E-state index in [4.69, 9.17) is 9.47 Å². The second-order valence-corrected chi connectivity index (χ2v) is 7.72. The summed E-state index contributed by atoms with van der Waals surface area (Å²) in [6.45, 7) is 7.25. The molecule has 146 valence electrons. The number of carbonyl (C=O) groups is 1. The van der Waals surface area contributed by atoms with Gasteiger partial charge in [-0.25, -0.2) is 0 Å². The van der Waals surface area contributed by atoms with Gasteiger partial charge in [-0.1, -0.05) is 44.2 Å². The van der Waals surface area contributed by atoms with E-state index in [9.17, 15) is 4.79 Å². The minimum Gasteiger partial charge on any atom is -0.493 e. The first-order chi connectivity index (χ1) is 13.4. The van der Waals surface area contributed by atoms with E-state index >= 15 is 0 Å². The summed E-state index contributed by atoms with van der Waals surface area (Å²) in [6, 6.07) is 14.2. The summed E-state index contributed by atoms with van der Waals surface area (Å²) in [4.78, 5) is 14.5. The lowest BCUT2D eigenvalue weighted by Gasteiger charge is -2.40. The summed E-state index contributed by atoms with van der Waals surface area (Å²) < 4.78 is 11.1. The molecule has 1 amide bonds. The van der Waals surface area contributed by atoms with E-state index in [1.54, 1.807) is 7.11 Å². The summed E-state index contributed by atoms with van der Waals surface area (Å²) in [5, 5.41) is 3.24. The number of carbonyl (C=O) groups excluding carboxylic acids is 1. The Balaban J connectivity index is 1.75. The third kappa shape index (κ3) is 2.57. The van der Waals surface area contributed by atoms with Crippen LogP contribution < -0.4 is 19.7 Å². The molecule has 0 saturated carbocycles. The number of methoxy groups -OCH3 is 1. The zero-order valence-electron chi connectivity index (χ0n) is 16.8. The SMILES string of the molecule is CCOc1ccc(/C=C/C23NC(=O)CN2c2ccccc2C3(C)C)cc1OC. The monoisotopic (exact) mass is 378 g/mol. The van der Waals surface area contributed by atoms with Crippen molar-refractivity contribution in [2.45, 2.75) is 31.8 Å². The molecule has 2 aromatic carbocycles. The molecule has 4 rings (SSSR count). The Bertz CT molecular complexity index is 951. The van der Waals surface area contributed by atoms with E-state index in [-0.39, 0.29) is 11.3 Å². The molecule has 2 heterocycles. The summed E-state index contributed by atoms with van der Waals surface area (Å²) in [5.74, 6) is 1.46. The minimum absolute atomic E-state index is 0.0384. The zero-order chi connectivity index (χ0) is 19.9. The van der Waals surface area contributed by atoms with Gasteiger partial charge in [-0.2, -0.15) is 0 Å². The average Bonchev–Trinajstić information content (AvgIpc) is 3.12. The van der Waals surface area contributed by atoms with Crippen LogP contribution in [0.1, 0.15) is 31.9 Å². The van der Waals surface area contributed by atoms with E-state index in [1.807, 2.05) is 37.3 Å². The van der Waals surface area contributed by atoms with Crippen molar-refractivity contribution in [3.05, 3.63) is 59.7 Å². The number of ether oxygens (including phenoxy) is 2. The van der Waals surface area contributed by atoms with Crippen LogP contribution in [0, 0.1) is 0 Å². The second-order valence-electron chi connectivity index (χ2n) is 7.72. The van der Waals surface area contributed by atoms with Crippen molar-refractivity contribution >= 4 is 17.7 Å². The van der Waals surface area contributed by atoms with Crippen molar-refractivity contribution in [3.63, 3.8) is 0 Å². The largest absolute Gasteiger partial charge is 0.493 e. The number of nitrogens with zero attached hydrogens (tertiary/aromatic N) is 1. The summed E-state index contributed by atoms with van der Waals surface area (Å²) >= 11 is 0. The van der Waals surface area contributed by atoms with Crippen molar-refractivity contribution in [1.29, 1.82) is 0 Å². The van der Waals surface area contributed by atoms with E-state index in [0.29, 0.717) is 18.9 Å². The van der Waals surface area contributed by atoms with Crippen LogP contribution in [-0.4, -0.2) is 31.8 Å². The van der Waals surface area contributed by atoms with Gasteiger partial charge in [-0.3, -0.25) is 4.79 Å². The van der Waals surface area contributed by atoms with Gasteiger partial charge in [0.1, 0.15) is 5.66 Å². The van der Waals surface area contributed by atoms with Gasteiger partial charge in [0.25, 0.3) is 0 Å². The first kappa shape index (κ1) is 18.4. The van der Waals surface area contributed by atoms with Crippen molar-refractivity contribution < 1.29 is 14.3 Å². The molecule has 1 saturated heterocycles. The third-order valence-corrected chi connectivity index (χ3v) is 5.88. The Kier molecular flexibility index (Phi) is 4.33. The van der Waals surface area contributed by atoms with Crippen LogP contribution in [0.3, 0.4) is 0 Å². The smallest absolute Gasteiger partial charge is 0.241 e. The van der Waals surface area contributed by atoms with Crippen LogP contribution in [0.5, 0.6) is 11.5 Å². The van der Waals surface area contributed by atoms with E-state index in [0.717, 1.165) is 17.0 Å². The number of nitrogens with one attached hydrogen (secondary N) is 1. The number of hydrogen-bond acceptors (Lipinski definition) is 4. The normalized spacial score (nSPS) is 22.1. The summed E-state index contributed by atoms with van der Waals surface area (Å²) in [6.07, 6.45) is 4.15. The van der Waals surface area contributed by atoms with Gasteiger partial charge in [0.2, 0.25) is 5.91 Å². The number of amides is 1. The van der Waals surface area contributed by atoms with Gasteiger partial charge >= 0.3 is 0 Å². The average molecular weight is 378 g/mol. The Morgan fingerprint density at radius 1 is 1.18 bits per heavy atom.